The summed E-state index contributed by atoms with van der Waals surface area (Å²) in [4.78, 5) is 47.0. The summed E-state index contributed by atoms with van der Waals surface area (Å²) in [6.07, 6.45) is 0.292. The second-order valence-corrected chi connectivity index (χ2v) is 6.51. The molecule has 0 bridgehead atoms. The van der Waals surface area contributed by atoms with Gasteiger partial charge >= 0.3 is 5.97 Å². The van der Waals surface area contributed by atoms with Gasteiger partial charge in [-0.15, -0.1) is 0 Å². The number of amides is 3. The fourth-order valence-electron chi connectivity index (χ4n) is 1.88. The van der Waals surface area contributed by atoms with Crippen LogP contribution in [0.2, 0.25) is 0 Å². The van der Waals surface area contributed by atoms with E-state index < -0.39 is 41.8 Å². The average Bonchev–Trinajstić information content (AvgIpc) is 2.55. The van der Waals surface area contributed by atoms with Crippen LogP contribution in [0.15, 0.2) is 0 Å². The van der Waals surface area contributed by atoms with Gasteiger partial charge in [-0.1, -0.05) is 13.8 Å². The maximum absolute atomic E-state index is 12.3. The molecular weight excluding hydrogens is 368 g/mol. The molecule has 0 heterocycles. The number of hydrogen-bond donors (Lipinski definition) is 7. The Morgan fingerprint density at radius 1 is 0.920 bits per heavy atom. The van der Waals surface area contributed by atoms with Crippen LogP contribution in [0.1, 0.15) is 20.3 Å². The van der Waals surface area contributed by atoms with Crippen molar-refractivity contribution in [2.45, 2.75) is 38.4 Å². The summed E-state index contributed by atoms with van der Waals surface area (Å²) in [5.74, 6) is -3.00. The Bertz CT molecular complexity index is 490. The first kappa shape index (κ1) is 23.5. The molecule has 25 heavy (non-hydrogen) atoms. The molecular formula is C14H26N4O5S2. The van der Waals surface area contributed by atoms with E-state index in [1.807, 2.05) is 13.8 Å². The maximum Gasteiger partial charge on any atom is 0.327 e. The Morgan fingerprint density at radius 2 is 1.40 bits per heavy atom. The quantitative estimate of drug-likeness (QED) is 0.210. The molecule has 0 saturated heterocycles. The highest BCUT2D eigenvalue weighted by molar-refractivity contribution is 7.80. The molecule has 0 aliphatic rings. The lowest BCUT2D eigenvalue weighted by Crippen LogP contribution is -2.57. The van der Waals surface area contributed by atoms with Crippen molar-refractivity contribution in [1.82, 2.24) is 16.0 Å². The number of carbonyl (C=O) groups is 4. The van der Waals surface area contributed by atoms with Gasteiger partial charge in [-0.3, -0.25) is 14.4 Å². The molecule has 0 aromatic rings. The van der Waals surface area contributed by atoms with Gasteiger partial charge in [0, 0.05) is 11.5 Å². The zero-order chi connectivity index (χ0) is 19.6. The number of thiol groups is 2. The summed E-state index contributed by atoms with van der Waals surface area (Å²) in [7, 11) is 0. The zero-order valence-corrected chi connectivity index (χ0v) is 16.0. The number of hydrogen-bond acceptors (Lipinski definition) is 7. The molecule has 3 atom stereocenters. The van der Waals surface area contributed by atoms with Crippen molar-refractivity contribution in [3.05, 3.63) is 0 Å². The van der Waals surface area contributed by atoms with E-state index in [1.54, 1.807) is 0 Å². The summed E-state index contributed by atoms with van der Waals surface area (Å²) < 4.78 is 0. The first-order valence-electron chi connectivity index (χ1n) is 7.70. The molecule has 3 unspecified atom stereocenters. The summed E-state index contributed by atoms with van der Waals surface area (Å²) in [5, 5.41) is 16.2. The first-order valence-corrected chi connectivity index (χ1v) is 8.97. The Balaban J connectivity index is 5.07. The van der Waals surface area contributed by atoms with Crippen LogP contribution in [0.5, 0.6) is 0 Å². The largest absolute Gasteiger partial charge is 0.480 e. The summed E-state index contributed by atoms with van der Waals surface area (Å²) >= 11 is 7.89. The third-order valence-corrected chi connectivity index (χ3v) is 3.89. The normalized spacial score (nSPS) is 14.3. The molecule has 6 N–H and O–H groups in total. The van der Waals surface area contributed by atoms with Gasteiger partial charge in [0.25, 0.3) is 0 Å². The summed E-state index contributed by atoms with van der Waals surface area (Å²) in [5.41, 5.74) is 5.19. The SMILES string of the molecule is CC(C)CC(NC(=O)C(CS)NC(=O)CN)C(=O)NC(CS)C(=O)O. The van der Waals surface area contributed by atoms with Gasteiger partial charge in [0.1, 0.15) is 18.1 Å². The number of nitrogens with two attached hydrogens (primary N) is 1. The Morgan fingerprint density at radius 3 is 1.80 bits per heavy atom. The monoisotopic (exact) mass is 394 g/mol. The molecule has 11 heteroatoms. The highest BCUT2D eigenvalue weighted by atomic mass is 32.1. The molecule has 3 amide bonds. The highest BCUT2D eigenvalue weighted by Gasteiger charge is 2.29. The molecule has 0 spiro atoms. The van der Waals surface area contributed by atoms with Crippen LogP contribution in [0.25, 0.3) is 0 Å². The minimum atomic E-state index is -1.22. The van der Waals surface area contributed by atoms with Crippen molar-refractivity contribution in [3.63, 3.8) is 0 Å². The van der Waals surface area contributed by atoms with Crippen LogP contribution < -0.4 is 21.7 Å². The van der Waals surface area contributed by atoms with Crippen molar-refractivity contribution in [1.29, 1.82) is 0 Å². The molecule has 9 nitrogen and oxygen atoms in total. The third-order valence-electron chi connectivity index (χ3n) is 3.16. The smallest absolute Gasteiger partial charge is 0.327 e. The number of nitrogens with one attached hydrogen (secondary N) is 3. The van der Waals surface area contributed by atoms with E-state index in [9.17, 15) is 19.2 Å². The van der Waals surface area contributed by atoms with Gasteiger partial charge in [0.05, 0.1) is 6.54 Å². The molecule has 0 aromatic heterocycles. The fraction of sp³-hybridized carbons (Fsp3) is 0.714. The second-order valence-electron chi connectivity index (χ2n) is 5.78. The van der Waals surface area contributed by atoms with Gasteiger partial charge in [-0.25, -0.2) is 4.79 Å². The van der Waals surface area contributed by atoms with Crippen LogP contribution in [-0.4, -0.2) is 65.0 Å². The molecule has 0 aliphatic carbocycles. The first-order chi connectivity index (χ1) is 11.7. The van der Waals surface area contributed by atoms with Gasteiger partial charge < -0.3 is 26.8 Å². The predicted molar refractivity (Wildman–Crippen MR) is 99.6 cm³/mol. The van der Waals surface area contributed by atoms with E-state index in [2.05, 4.69) is 41.2 Å². The minimum Gasteiger partial charge on any atom is -0.480 e. The minimum absolute atomic E-state index is 0.0159. The standard InChI is InChI=1S/C14H26N4O5S2/c1-7(2)3-8(12(20)18-10(6-25)14(22)23)17-13(21)9(5-24)16-11(19)4-15/h7-10,24-25H,3-6,15H2,1-2H3,(H,16,19)(H,17,21)(H,18,20)(H,22,23). The van der Waals surface area contributed by atoms with Crippen molar-refractivity contribution >= 4 is 48.9 Å². The zero-order valence-electron chi connectivity index (χ0n) is 14.2. The molecule has 0 saturated carbocycles. The van der Waals surface area contributed by atoms with Crippen molar-refractivity contribution in [2.24, 2.45) is 11.7 Å². The lowest BCUT2D eigenvalue weighted by atomic mass is 10.0. The molecule has 144 valence electrons. The third kappa shape index (κ3) is 8.98. The van der Waals surface area contributed by atoms with E-state index in [0.717, 1.165) is 0 Å². The molecule has 0 rings (SSSR count). The molecule has 0 fully saturated rings. The fourth-order valence-corrected chi connectivity index (χ4v) is 2.38. The van der Waals surface area contributed by atoms with E-state index in [-0.39, 0.29) is 24.0 Å². The van der Waals surface area contributed by atoms with Gasteiger partial charge in [0.2, 0.25) is 17.7 Å². The Kier molecular flexibility index (Phi) is 11.3. The number of carboxylic acid groups (broad SMARTS) is 1. The number of aliphatic carboxylic acids is 1. The van der Waals surface area contributed by atoms with Gasteiger partial charge in [-0.05, 0) is 12.3 Å². The van der Waals surface area contributed by atoms with Crippen LogP contribution >= 0.6 is 25.3 Å². The van der Waals surface area contributed by atoms with E-state index >= 15 is 0 Å². The lowest BCUT2D eigenvalue weighted by molar-refractivity contribution is -0.141. The van der Waals surface area contributed by atoms with Gasteiger partial charge in [-0.2, -0.15) is 25.3 Å². The number of carbonyl (C=O) groups excluding carboxylic acids is 3. The van der Waals surface area contributed by atoms with Crippen LogP contribution in [0.4, 0.5) is 0 Å². The van der Waals surface area contributed by atoms with Crippen molar-refractivity contribution in [3.8, 4) is 0 Å². The predicted octanol–water partition coefficient (Wildman–Crippen LogP) is -1.61. The number of rotatable bonds is 11. The molecule has 0 aliphatic heterocycles. The van der Waals surface area contributed by atoms with E-state index in [1.165, 1.54) is 0 Å². The number of carboxylic acids is 1. The summed E-state index contributed by atoms with van der Waals surface area (Å²) in [6.45, 7) is 3.42. The van der Waals surface area contributed by atoms with Crippen molar-refractivity contribution < 1.29 is 24.3 Å². The van der Waals surface area contributed by atoms with Crippen LogP contribution in [0, 0.1) is 5.92 Å². The Labute approximate surface area is 157 Å². The molecule has 0 radical (unpaired) electrons. The van der Waals surface area contributed by atoms with Crippen LogP contribution in [-0.2, 0) is 19.2 Å². The Hall–Kier alpha value is -1.46. The van der Waals surface area contributed by atoms with Gasteiger partial charge in [0.15, 0.2) is 0 Å². The second kappa shape index (κ2) is 12.0. The van der Waals surface area contributed by atoms with Crippen LogP contribution in [0.3, 0.4) is 0 Å². The van der Waals surface area contributed by atoms with E-state index in [4.69, 9.17) is 10.8 Å². The average molecular weight is 395 g/mol. The molecule has 0 aromatic carbocycles. The lowest BCUT2D eigenvalue weighted by Gasteiger charge is -2.24. The summed E-state index contributed by atoms with van der Waals surface area (Å²) in [6, 6.07) is -3.08. The highest BCUT2D eigenvalue weighted by Crippen LogP contribution is 2.06. The maximum atomic E-state index is 12.3. The van der Waals surface area contributed by atoms with E-state index in [0.29, 0.717) is 6.42 Å². The topological polar surface area (TPSA) is 151 Å². The van der Waals surface area contributed by atoms with Crippen molar-refractivity contribution in [2.75, 3.05) is 18.1 Å².